The maximum Gasteiger partial charge on any atom is 0.268 e. The fourth-order valence-electron chi connectivity index (χ4n) is 8.04. The van der Waals surface area contributed by atoms with Crippen molar-refractivity contribution in [3.8, 4) is 0 Å². The van der Waals surface area contributed by atoms with Crippen LogP contribution in [0.5, 0.6) is 0 Å². The second-order valence-electron chi connectivity index (χ2n) is 19.6. The topological polar surface area (TPSA) is 108 Å². The molecule has 0 aliphatic heterocycles. The maximum atomic E-state index is 12.9. The standard InChI is InChI=1S/C52H105N2O6P/c1-6-8-10-12-14-16-18-20-22-24-26-27-28-29-31-33-35-37-39-41-43-45-51(55)50(49-60-61(57,58)59-48-47-54(3,4)5)53-52(56)46-44-42-40-38-36-34-32-30-25-23-21-19-17-15-13-11-9-7-2/h23,25,50-51,55H,6-22,24,26-49H2,1-5H3,(H-,53,56,57,58)/b25-23-. The first kappa shape index (κ1) is 60.2. The van der Waals surface area contributed by atoms with Crippen LogP contribution in [0, 0.1) is 0 Å². The number of phosphoric acid groups is 1. The molecule has 0 heterocycles. The van der Waals surface area contributed by atoms with Crippen LogP contribution in [0.25, 0.3) is 0 Å². The number of nitrogens with one attached hydrogen (secondary N) is 1. The molecular weight excluding hydrogens is 780 g/mol. The van der Waals surface area contributed by atoms with Gasteiger partial charge >= 0.3 is 0 Å². The summed E-state index contributed by atoms with van der Waals surface area (Å²) in [5.41, 5.74) is 0. The van der Waals surface area contributed by atoms with Crippen molar-refractivity contribution in [1.82, 2.24) is 5.32 Å². The molecule has 364 valence electrons. The van der Waals surface area contributed by atoms with Crippen LogP contribution < -0.4 is 10.2 Å². The first-order chi connectivity index (χ1) is 29.5. The molecule has 2 N–H and O–H groups in total. The average Bonchev–Trinajstić information content (AvgIpc) is 3.21. The summed E-state index contributed by atoms with van der Waals surface area (Å²) in [6.07, 6.45) is 52.2. The van der Waals surface area contributed by atoms with Gasteiger partial charge in [0.1, 0.15) is 13.2 Å². The summed E-state index contributed by atoms with van der Waals surface area (Å²) in [5.74, 6) is -0.165. The first-order valence-corrected chi connectivity index (χ1v) is 28.0. The van der Waals surface area contributed by atoms with E-state index in [4.69, 9.17) is 9.05 Å². The molecule has 0 aromatic heterocycles. The van der Waals surface area contributed by atoms with Crippen LogP contribution in [0.3, 0.4) is 0 Å². The van der Waals surface area contributed by atoms with E-state index < -0.39 is 20.0 Å². The van der Waals surface area contributed by atoms with Gasteiger partial charge in [-0.25, -0.2) is 0 Å². The molecule has 0 fully saturated rings. The molecule has 0 aliphatic carbocycles. The minimum absolute atomic E-state index is 0.0136. The zero-order valence-electron chi connectivity index (χ0n) is 41.4. The number of rotatable bonds is 49. The van der Waals surface area contributed by atoms with E-state index in [9.17, 15) is 19.4 Å². The molecule has 1 amide bonds. The molecule has 9 heteroatoms. The normalized spacial score (nSPS) is 14.1. The molecule has 0 rings (SSSR count). The molecule has 0 saturated carbocycles. The second kappa shape index (κ2) is 44.4. The number of hydrogen-bond acceptors (Lipinski definition) is 6. The van der Waals surface area contributed by atoms with Gasteiger partial charge in [-0.05, 0) is 38.5 Å². The van der Waals surface area contributed by atoms with Gasteiger partial charge in [-0.3, -0.25) is 9.36 Å². The van der Waals surface area contributed by atoms with E-state index in [1.807, 2.05) is 21.1 Å². The van der Waals surface area contributed by atoms with E-state index in [-0.39, 0.29) is 19.1 Å². The van der Waals surface area contributed by atoms with Gasteiger partial charge in [0, 0.05) is 6.42 Å². The highest BCUT2D eigenvalue weighted by molar-refractivity contribution is 7.45. The lowest BCUT2D eigenvalue weighted by Gasteiger charge is -2.30. The third-order valence-corrected chi connectivity index (χ3v) is 13.2. The predicted molar refractivity (Wildman–Crippen MR) is 261 cm³/mol. The number of hydrogen-bond donors (Lipinski definition) is 2. The smallest absolute Gasteiger partial charge is 0.268 e. The number of phosphoric ester groups is 1. The van der Waals surface area contributed by atoms with Crippen LogP contribution in [-0.2, 0) is 18.4 Å². The summed E-state index contributed by atoms with van der Waals surface area (Å²) < 4.78 is 23.4. The number of amides is 1. The maximum absolute atomic E-state index is 12.9. The van der Waals surface area contributed by atoms with Crippen molar-refractivity contribution < 1.29 is 32.9 Å². The Morgan fingerprint density at radius 2 is 0.902 bits per heavy atom. The average molecular weight is 885 g/mol. The Labute approximate surface area is 380 Å². The van der Waals surface area contributed by atoms with Gasteiger partial charge in [0.25, 0.3) is 7.82 Å². The van der Waals surface area contributed by atoms with Gasteiger partial charge in [-0.1, -0.05) is 231 Å². The third-order valence-electron chi connectivity index (χ3n) is 12.3. The third kappa shape index (κ3) is 47.0. The molecule has 0 aromatic carbocycles. The van der Waals surface area contributed by atoms with Gasteiger partial charge < -0.3 is 28.8 Å². The lowest BCUT2D eigenvalue weighted by atomic mass is 10.0. The van der Waals surface area contributed by atoms with Gasteiger partial charge in [-0.15, -0.1) is 0 Å². The van der Waals surface area contributed by atoms with Crippen molar-refractivity contribution in [2.45, 2.75) is 276 Å². The Morgan fingerprint density at radius 3 is 1.28 bits per heavy atom. The fraction of sp³-hybridized carbons (Fsp3) is 0.942. The molecule has 0 spiro atoms. The largest absolute Gasteiger partial charge is 0.756 e. The summed E-state index contributed by atoms with van der Waals surface area (Å²) in [4.78, 5) is 25.5. The second-order valence-corrected chi connectivity index (χ2v) is 21.0. The van der Waals surface area contributed by atoms with E-state index in [1.165, 1.54) is 199 Å². The highest BCUT2D eigenvalue weighted by atomic mass is 31.2. The van der Waals surface area contributed by atoms with E-state index in [0.717, 1.165) is 38.5 Å². The van der Waals surface area contributed by atoms with E-state index in [2.05, 4.69) is 31.3 Å². The van der Waals surface area contributed by atoms with Crippen LogP contribution >= 0.6 is 7.82 Å². The number of aliphatic hydroxyl groups excluding tert-OH is 1. The van der Waals surface area contributed by atoms with Crippen molar-refractivity contribution in [2.24, 2.45) is 0 Å². The van der Waals surface area contributed by atoms with Gasteiger partial charge in [0.2, 0.25) is 5.91 Å². The number of quaternary nitrogens is 1. The Morgan fingerprint density at radius 1 is 0.557 bits per heavy atom. The minimum Gasteiger partial charge on any atom is -0.756 e. The lowest BCUT2D eigenvalue weighted by Crippen LogP contribution is -2.46. The van der Waals surface area contributed by atoms with E-state index in [1.54, 1.807) is 0 Å². The van der Waals surface area contributed by atoms with Crippen LogP contribution in [0.2, 0.25) is 0 Å². The quantitative estimate of drug-likeness (QED) is 0.0273. The van der Waals surface area contributed by atoms with Crippen LogP contribution in [-0.4, -0.2) is 68.5 Å². The molecule has 3 atom stereocenters. The molecule has 61 heavy (non-hydrogen) atoms. The summed E-state index contributed by atoms with van der Waals surface area (Å²) >= 11 is 0. The van der Waals surface area contributed by atoms with Crippen LogP contribution in [0.4, 0.5) is 0 Å². The van der Waals surface area contributed by atoms with Gasteiger partial charge in [0.15, 0.2) is 0 Å². The summed E-state index contributed by atoms with van der Waals surface area (Å²) in [6.45, 7) is 4.75. The molecule has 3 unspecified atom stereocenters. The predicted octanol–water partition coefficient (Wildman–Crippen LogP) is 14.8. The van der Waals surface area contributed by atoms with Crippen LogP contribution in [0.15, 0.2) is 12.2 Å². The number of nitrogens with zero attached hydrogens (tertiary/aromatic N) is 1. The molecule has 8 nitrogen and oxygen atoms in total. The summed E-state index contributed by atoms with van der Waals surface area (Å²) in [6, 6.07) is -0.800. The first-order valence-electron chi connectivity index (χ1n) is 26.5. The zero-order chi connectivity index (χ0) is 45.0. The Hall–Kier alpha value is -0.760. The van der Waals surface area contributed by atoms with Crippen molar-refractivity contribution in [2.75, 3.05) is 40.9 Å². The molecular formula is C52H105N2O6P. The van der Waals surface area contributed by atoms with Gasteiger partial charge in [-0.2, -0.15) is 0 Å². The monoisotopic (exact) mass is 885 g/mol. The number of carbonyl (C=O) groups is 1. The van der Waals surface area contributed by atoms with Crippen molar-refractivity contribution in [3.05, 3.63) is 12.2 Å². The van der Waals surface area contributed by atoms with Crippen LogP contribution in [0.1, 0.15) is 264 Å². The number of allylic oxidation sites excluding steroid dienone is 2. The Kier molecular flexibility index (Phi) is 43.9. The van der Waals surface area contributed by atoms with E-state index in [0.29, 0.717) is 23.9 Å². The Balaban J connectivity index is 4.22. The van der Waals surface area contributed by atoms with Crippen molar-refractivity contribution in [1.29, 1.82) is 0 Å². The number of aliphatic hydroxyl groups is 1. The highest BCUT2D eigenvalue weighted by Crippen LogP contribution is 2.38. The lowest BCUT2D eigenvalue weighted by molar-refractivity contribution is -0.870. The Bertz CT molecular complexity index is 1000. The zero-order valence-corrected chi connectivity index (χ0v) is 42.3. The summed E-state index contributed by atoms with van der Waals surface area (Å²) in [5, 5.41) is 14.0. The summed E-state index contributed by atoms with van der Waals surface area (Å²) in [7, 11) is 1.31. The molecule has 0 aliphatic rings. The molecule has 0 bridgehead atoms. The van der Waals surface area contributed by atoms with Crippen molar-refractivity contribution >= 4 is 13.7 Å². The number of likely N-dealkylation sites (N-methyl/N-ethyl adjacent to an activating group) is 1. The fourth-order valence-corrected chi connectivity index (χ4v) is 8.76. The van der Waals surface area contributed by atoms with E-state index >= 15 is 0 Å². The highest BCUT2D eigenvalue weighted by Gasteiger charge is 2.24. The number of unbranched alkanes of at least 4 members (excludes halogenated alkanes) is 34. The molecule has 0 aromatic rings. The van der Waals surface area contributed by atoms with Crippen molar-refractivity contribution in [3.63, 3.8) is 0 Å². The minimum atomic E-state index is -4.57. The number of carbonyl (C=O) groups excluding carboxylic acids is 1. The molecule has 0 saturated heterocycles. The molecule has 0 radical (unpaired) electrons. The SMILES string of the molecule is CCCCCCCCC/C=C\CCCCCCCCCC(=O)NC(COP(=O)([O-])OCC[N+](C)(C)C)C(O)CCCCCCCCCCCCCCCCCCCCCCC. The van der Waals surface area contributed by atoms with Gasteiger partial charge in [0.05, 0.1) is 39.9 Å².